The van der Waals surface area contributed by atoms with Crippen molar-refractivity contribution in [3.8, 4) is 0 Å². The Hall–Kier alpha value is -2.50. The van der Waals surface area contributed by atoms with E-state index < -0.39 is 6.03 Å². The molecule has 0 aliphatic heterocycles. The summed E-state index contributed by atoms with van der Waals surface area (Å²) in [6.07, 6.45) is 3.51. The first-order valence-corrected chi connectivity index (χ1v) is 5.57. The lowest BCUT2D eigenvalue weighted by molar-refractivity contribution is 0.259. The summed E-state index contributed by atoms with van der Waals surface area (Å²) < 4.78 is 0. The zero-order chi connectivity index (χ0) is 13.0. The number of nitrogens with zero attached hydrogens (tertiary/aromatic N) is 1. The largest absolute Gasteiger partial charge is 0.376 e. The summed E-state index contributed by atoms with van der Waals surface area (Å²) in [5.74, 6) is 0. The fourth-order valence-corrected chi connectivity index (χ4v) is 1.66. The second-order valence-corrected chi connectivity index (χ2v) is 3.96. The van der Waals surface area contributed by atoms with E-state index in [1.807, 2.05) is 31.2 Å². The number of aromatic amines is 1. The van der Waals surface area contributed by atoms with Gasteiger partial charge >= 0.3 is 6.03 Å². The third-order valence-electron chi connectivity index (χ3n) is 2.56. The first-order valence-electron chi connectivity index (χ1n) is 5.57. The molecule has 0 spiro atoms. The van der Waals surface area contributed by atoms with E-state index in [1.165, 1.54) is 0 Å². The molecule has 94 valence electrons. The molecule has 1 heterocycles. The number of benzene rings is 1. The number of rotatable bonds is 4. The van der Waals surface area contributed by atoms with Gasteiger partial charge < -0.3 is 16.4 Å². The van der Waals surface area contributed by atoms with Crippen LogP contribution in [0.2, 0.25) is 0 Å². The van der Waals surface area contributed by atoms with Crippen LogP contribution in [0.4, 0.5) is 16.2 Å². The fraction of sp³-hybridized carbons (Fsp3) is 0.167. The lowest BCUT2D eigenvalue weighted by Crippen LogP contribution is -2.19. The van der Waals surface area contributed by atoms with Crippen LogP contribution in [0.1, 0.15) is 18.5 Å². The normalized spacial score (nSPS) is 11.8. The number of urea groups is 1. The molecule has 18 heavy (non-hydrogen) atoms. The monoisotopic (exact) mass is 245 g/mol. The van der Waals surface area contributed by atoms with E-state index in [0.717, 1.165) is 11.3 Å². The molecule has 2 aromatic rings. The molecule has 0 aliphatic carbocycles. The second-order valence-electron chi connectivity index (χ2n) is 3.96. The number of hydrogen-bond acceptors (Lipinski definition) is 3. The molecular formula is C12H15N5O. The summed E-state index contributed by atoms with van der Waals surface area (Å²) in [5, 5.41) is 12.4. The van der Waals surface area contributed by atoms with E-state index in [9.17, 15) is 4.79 Å². The Balaban J connectivity index is 2.02. The van der Waals surface area contributed by atoms with Crippen LogP contribution in [0.5, 0.6) is 0 Å². The van der Waals surface area contributed by atoms with Gasteiger partial charge in [-0.3, -0.25) is 5.10 Å². The van der Waals surface area contributed by atoms with E-state index in [0.29, 0.717) is 5.69 Å². The molecular weight excluding hydrogens is 230 g/mol. The maximum atomic E-state index is 10.7. The number of carbonyl (C=O) groups is 1. The van der Waals surface area contributed by atoms with Crippen LogP contribution in [0.3, 0.4) is 0 Å². The molecule has 2 amide bonds. The summed E-state index contributed by atoms with van der Waals surface area (Å²) in [6, 6.07) is 7.07. The number of H-pyrrole nitrogens is 1. The number of nitrogens with one attached hydrogen (secondary N) is 3. The van der Waals surface area contributed by atoms with Crippen molar-refractivity contribution in [2.24, 2.45) is 5.73 Å². The van der Waals surface area contributed by atoms with Crippen molar-refractivity contribution >= 4 is 17.4 Å². The van der Waals surface area contributed by atoms with Gasteiger partial charge in [-0.2, -0.15) is 5.10 Å². The highest BCUT2D eigenvalue weighted by atomic mass is 16.2. The van der Waals surface area contributed by atoms with Gasteiger partial charge in [0.1, 0.15) is 0 Å². The number of primary amides is 1. The predicted octanol–water partition coefficient (Wildman–Crippen LogP) is 2.07. The minimum atomic E-state index is -0.563. The van der Waals surface area contributed by atoms with E-state index in [2.05, 4.69) is 20.8 Å². The molecule has 0 saturated carbocycles. The highest BCUT2D eigenvalue weighted by Crippen LogP contribution is 2.19. The van der Waals surface area contributed by atoms with Crippen molar-refractivity contribution in [1.29, 1.82) is 0 Å². The molecule has 0 fully saturated rings. The zero-order valence-corrected chi connectivity index (χ0v) is 9.97. The molecule has 6 nitrogen and oxygen atoms in total. The highest BCUT2D eigenvalue weighted by molar-refractivity contribution is 5.87. The molecule has 2 rings (SSSR count). The van der Waals surface area contributed by atoms with Crippen LogP contribution >= 0.6 is 0 Å². The summed E-state index contributed by atoms with van der Waals surface area (Å²) >= 11 is 0. The maximum absolute atomic E-state index is 10.7. The Morgan fingerprint density at radius 2 is 2.06 bits per heavy atom. The number of aromatic nitrogens is 2. The van der Waals surface area contributed by atoms with E-state index in [-0.39, 0.29) is 6.04 Å². The minimum absolute atomic E-state index is 0.144. The van der Waals surface area contributed by atoms with Crippen molar-refractivity contribution < 1.29 is 4.79 Å². The Labute approximate surface area is 105 Å². The molecule has 0 aliphatic rings. The maximum Gasteiger partial charge on any atom is 0.316 e. The molecule has 5 N–H and O–H groups in total. The lowest BCUT2D eigenvalue weighted by atomic mass is 10.1. The van der Waals surface area contributed by atoms with Gasteiger partial charge in [-0.05, 0) is 24.6 Å². The summed E-state index contributed by atoms with van der Waals surface area (Å²) in [6.45, 7) is 2.05. The Morgan fingerprint density at radius 1 is 1.33 bits per heavy atom. The standard InChI is InChI=1S/C12H15N5O/c1-8(16-11-6-14-15-7-11)9-2-4-10(5-3-9)17-12(13)18/h2-8,16H,1H3,(H,14,15)(H3,13,17,18). The van der Waals surface area contributed by atoms with Crippen molar-refractivity contribution in [3.05, 3.63) is 42.2 Å². The number of amides is 2. The average molecular weight is 245 g/mol. The number of anilines is 2. The molecule has 6 heteroatoms. The quantitative estimate of drug-likeness (QED) is 0.664. The van der Waals surface area contributed by atoms with Crippen LogP contribution in [-0.4, -0.2) is 16.2 Å². The van der Waals surface area contributed by atoms with Crippen LogP contribution in [-0.2, 0) is 0 Å². The van der Waals surface area contributed by atoms with Gasteiger partial charge in [0.25, 0.3) is 0 Å². The SMILES string of the molecule is CC(Nc1cn[nH]c1)c1ccc(NC(N)=O)cc1. The van der Waals surface area contributed by atoms with Crippen molar-refractivity contribution in [2.45, 2.75) is 13.0 Å². The first-order chi connectivity index (χ1) is 8.65. The van der Waals surface area contributed by atoms with E-state index in [4.69, 9.17) is 5.73 Å². The summed E-state index contributed by atoms with van der Waals surface area (Å²) in [5.41, 5.74) is 7.76. The van der Waals surface area contributed by atoms with Gasteiger partial charge in [-0.15, -0.1) is 0 Å². The van der Waals surface area contributed by atoms with Crippen LogP contribution < -0.4 is 16.4 Å². The molecule has 0 bridgehead atoms. The van der Waals surface area contributed by atoms with Gasteiger partial charge in [0.15, 0.2) is 0 Å². The zero-order valence-electron chi connectivity index (χ0n) is 9.97. The van der Waals surface area contributed by atoms with Gasteiger partial charge in [-0.1, -0.05) is 12.1 Å². The molecule has 0 radical (unpaired) electrons. The Morgan fingerprint density at radius 3 is 2.61 bits per heavy atom. The van der Waals surface area contributed by atoms with Gasteiger partial charge in [0.05, 0.1) is 11.9 Å². The summed E-state index contributed by atoms with van der Waals surface area (Å²) in [7, 11) is 0. The molecule has 1 atom stereocenters. The second kappa shape index (κ2) is 5.22. The number of nitrogens with two attached hydrogens (primary N) is 1. The van der Waals surface area contributed by atoms with Gasteiger partial charge in [0.2, 0.25) is 0 Å². The topological polar surface area (TPSA) is 95.8 Å². The van der Waals surface area contributed by atoms with E-state index in [1.54, 1.807) is 12.4 Å². The lowest BCUT2D eigenvalue weighted by Gasteiger charge is -2.14. The molecule has 0 saturated heterocycles. The Bertz CT molecular complexity index is 506. The van der Waals surface area contributed by atoms with Gasteiger partial charge in [0, 0.05) is 17.9 Å². The third kappa shape index (κ3) is 3.00. The van der Waals surface area contributed by atoms with Crippen molar-refractivity contribution in [2.75, 3.05) is 10.6 Å². The third-order valence-corrected chi connectivity index (χ3v) is 2.56. The van der Waals surface area contributed by atoms with Crippen LogP contribution in [0.15, 0.2) is 36.7 Å². The highest BCUT2D eigenvalue weighted by Gasteiger charge is 2.06. The van der Waals surface area contributed by atoms with Crippen LogP contribution in [0, 0.1) is 0 Å². The van der Waals surface area contributed by atoms with Crippen molar-refractivity contribution in [1.82, 2.24) is 10.2 Å². The minimum Gasteiger partial charge on any atom is -0.376 e. The molecule has 1 aromatic heterocycles. The molecule has 1 aromatic carbocycles. The average Bonchev–Trinajstić information content (AvgIpc) is 2.82. The fourth-order valence-electron chi connectivity index (χ4n) is 1.66. The number of hydrogen-bond donors (Lipinski definition) is 4. The number of carbonyl (C=O) groups excluding carboxylic acids is 1. The van der Waals surface area contributed by atoms with E-state index >= 15 is 0 Å². The summed E-state index contributed by atoms with van der Waals surface area (Å²) in [4.78, 5) is 10.7. The predicted molar refractivity (Wildman–Crippen MR) is 70.3 cm³/mol. The smallest absolute Gasteiger partial charge is 0.316 e. The van der Waals surface area contributed by atoms with Gasteiger partial charge in [-0.25, -0.2) is 4.79 Å². The molecule has 1 unspecified atom stereocenters. The van der Waals surface area contributed by atoms with Crippen LogP contribution in [0.25, 0.3) is 0 Å². The van der Waals surface area contributed by atoms with Crippen molar-refractivity contribution in [3.63, 3.8) is 0 Å². The first kappa shape index (κ1) is 12.0. The Kier molecular flexibility index (Phi) is 3.47.